The monoisotopic (exact) mass is 346 g/mol. The first kappa shape index (κ1) is 16.5. The Bertz CT molecular complexity index is 948. The van der Waals surface area contributed by atoms with Gasteiger partial charge in [-0.2, -0.15) is 0 Å². The largest absolute Gasteiger partial charge is 0.356 e. The van der Waals surface area contributed by atoms with Gasteiger partial charge >= 0.3 is 0 Å². The van der Waals surface area contributed by atoms with Crippen molar-refractivity contribution in [2.75, 3.05) is 18.0 Å². The second-order valence-electron chi connectivity index (χ2n) is 6.80. The summed E-state index contributed by atoms with van der Waals surface area (Å²) in [5, 5.41) is 3.95. The van der Waals surface area contributed by atoms with E-state index in [0.717, 1.165) is 35.4 Å². The number of aromatic nitrogens is 2. The van der Waals surface area contributed by atoms with Crippen LogP contribution in [0.1, 0.15) is 34.3 Å². The van der Waals surface area contributed by atoms with E-state index in [4.69, 9.17) is 0 Å². The Labute approximate surface area is 153 Å². The van der Waals surface area contributed by atoms with E-state index < -0.39 is 0 Å². The smallest absolute Gasteiger partial charge is 0.251 e. The summed E-state index contributed by atoms with van der Waals surface area (Å²) in [4.78, 5) is 23.7. The first-order chi connectivity index (χ1) is 12.7. The highest BCUT2D eigenvalue weighted by Crippen LogP contribution is 2.26. The van der Waals surface area contributed by atoms with Gasteiger partial charge in [0, 0.05) is 30.6 Å². The maximum Gasteiger partial charge on any atom is 0.251 e. The van der Waals surface area contributed by atoms with Crippen molar-refractivity contribution >= 4 is 22.6 Å². The maximum absolute atomic E-state index is 12.6. The summed E-state index contributed by atoms with van der Waals surface area (Å²) >= 11 is 0. The van der Waals surface area contributed by atoms with E-state index in [0.29, 0.717) is 12.1 Å². The molecule has 0 atom stereocenters. The summed E-state index contributed by atoms with van der Waals surface area (Å²) in [5.74, 6) is 0.852. The van der Waals surface area contributed by atoms with Crippen LogP contribution in [0.2, 0.25) is 0 Å². The van der Waals surface area contributed by atoms with Crippen molar-refractivity contribution in [2.45, 2.75) is 26.3 Å². The molecule has 0 saturated carbocycles. The molecule has 1 aliphatic rings. The van der Waals surface area contributed by atoms with Gasteiger partial charge in [0.2, 0.25) is 0 Å². The van der Waals surface area contributed by atoms with Crippen LogP contribution in [0, 0.1) is 6.92 Å². The highest BCUT2D eigenvalue weighted by Gasteiger charge is 2.17. The molecule has 2 heterocycles. The SMILES string of the molecule is Cc1cccc(CNC(=O)c2ccc3ncnc(N4CCCC4)c3c2)c1. The lowest BCUT2D eigenvalue weighted by molar-refractivity contribution is 0.0951. The molecule has 0 aliphatic carbocycles. The molecular formula is C21H22N4O. The third-order valence-corrected chi connectivity index (χ3v) is 4.82. The fourth-order valence-electron chi connectivity index (χ4n) is 3.47. The number of rotatable bonds is 4. The molecule has 4 rings (SSSR count). The number of nitrogens with zero attached hydrogens (tertiary/aromatic N) is 3. The normalized spacial score (nSPS) is 14.0. The fraction of sp³-hybridized carbons (Fsp3) is 0.286. The van der Waals surface area contributed by atoms with Crippen molar-refractivity contribution in [3.63, 3.8) is 0 Å². The molecule has 5 heteroatoms. The molecule has 5 nitrogen and oxygen atoms in total. The molecule has 0 radical (unpaired) electrons. The number of carbonyl (C=O) groups excluding carboxylic acids is 1. The topological polar surface area (TPSA) is 58.1 Å². The Hall–Kier alpha value is -2.95. The Balaban J connectivity index is 1.57. The zero-order chi connectivity index (χ0) is 17.9. The summed E-state index contributed by atoms with van der Waals surface area (Å²) in [6.07, 6.45) is 3.97. The molecule has 1 fully saturated rings. The number of carbonyl (C=O) groups is 1. The van der Waals surface area contributed by atoms with Crippen LogP contribution in [0.3, 0.4) is 0 Å². The van der Waals surface area contributed by atoms with Crippen molar-refractivity contribution < 1.29 is 4.79 Å². The van der Waals surface area contributed by atoms with Crippen molar-refractivity contribution in [3.05, 3.63) is 65.5 Å². The summed E-state index contributed by atoms with van der Waals surface area (Å²) in [6.45, 7) is 4.59. The van der Waals surface area contributed by atoms with Crippen LogP contribution in [-0.4, -0.2) is 29.0 Å². The summed E-state index contributed by atoms with van der Waals surface area (Å²) in [7, 11) is 0. The Morgan fingerprint density at radius 3 is 2.77 bits per heavy atom. The molecule has 1 amide bonds. The average Bonchev–Trinajstić information content (AvgIpc) is 3.20. The first-order valence-electron chi connectivity index (χ1n) is 9.04. The van der Waals surface area contributed by atoms with Gasteiger partial charge in [-0.05, 0) is 43.5 Å². The van der Waals surface area contributed by atoms with E-state index in [1.807, 2.05) is 30.3 Å². The van der Waals surface area contributed by atoms with Crippen LogP contribution >= 0.6 is 0 Å². The number of benzene rings is 2. The minimum Gasteiger partial charge on any atom is -0.356 e. The lowest BCUT2D eigenvalue weighted by Gasteiger charge is -2.18. The molecule has 0 bridgehead atoms. The minimum atomic E-state index is -0.0790. The van der Waals surface area contributed by atoms with E-state index in [9.17, 15) is 4.79 Å². The summed E-state index contributed by atoms with van der Waals surface area (Å²) in [5.41, 5.74) is 3.80. The zero-order valence-corrected chi connectivity index (χ0v) is 14.9. The number of aryl methyl sites for hydroxylation is 1. The number of hydrogen-bond acceptors (Lipinski definition) is 4. The third-order valence-electron chi connectivity index (χ3n) is 4.82. The quantitative estimate of drug-likeness (QED) is 0.786. The van der Waals surface area contributed by atoms with Gasteiger partial charge in [-0.3, -0.25) is 4.79 Å². The van der Waals surface area contributed by atoms with Crippen molar-refractivity contribution in [2.24, 2.45) is 0 Å². The molecule has 3 aromatic rings. The van der Waals surface area contributed by atoms with Gasteiger partial charge in [0.1, 0.15) is 12.1 Å². The van der Waals surface area contributed by atoms with Gasteiger partial charge in [0.25, 0.3) is 5.91 Å². The molecular weight excluding hydrogens is 324 g/mol. The van der Waals surface area contributed by atoms with E-state index in [1.54, 1.807) is 6.33 Å². The first-order valence-corrected chi connectivity index (χ1v) is 9.04. The van der Waals surface area contributed by atoms with Crippen molar-refractivity contribution in [1.29, 1.82) is 0 Å². The Morgan fingerprint density at radius 2 is 1.96 bits per heavy atom. The van der Waals surface area contributed by atoms with Crippen molar-refractivity contribution in [1.82, 2.24) is 15.3 Å². The van der Waals surface area contributed by atoms with Crippen LogP contribution in [0.15, 0.2) is 48.8 Å². The predicted molar refractivity (Wildman–Crippen MR) is 103 cm³/mol. The lowest BCUT2D eigenvalue weighted by Crippen LogP contribution is -2.23. The highest BCUT2D eigenvalue weighted by molar-refractivity contribution is 6.00. The summed E-state index contributed by atoms with van der Waals surface area (Å²) in [6, 6.07) is 13.8. The molecule has 1 aliphatic heterocycles. The second kappa shape index (κ2) is 7.12. The second-order valence-corrected chi connectivity index (χ2v) is 6.80. The van der Waals surface area contributed by atoms with Crippen molar-refractivity contribution in [3.8, 4) is 0 Å². The van der Waals surface area contributed by atoms with Gasteiger partial charge in [0.15, 0.2) is 0 Å². The molecule has 0 unspecified atom stereocenters. The Kier molecular flexibility index (Phi) is 4.52. The third kappa shape index (κ3) is 3.38. The van der Waals surface area contributed by atoms with E-state index in [-0.39, 0.29) is 5.91 Å². The van der Waals surface area contributed by atoms with Gasteiger partial charge in [-0.15, -0.1) is 0 Å². The van der Waals surface area contributed by atoms with Gasteiger partial charge in [0.05, 0.1) is 5.52 Å². The van der Waals surface area contributed by atoms with Gasteiger partial charge in [-0.25, -0.2) is 9.97 Å². The van der Waals surface area contributed by atoms with E-state index in [2.05, 4.69) is 39.2 Å². The predicted octanol–water partition coefficient (Wildman–Crippen LogP) is 3.47. The number of nitrogens with one attached hydrogen (secondary N) is 1. The fourth-order valence-corrected chi connectivity index (χ4v) is 3.47. The molecule has 132 valence electrons. The minimum absolute atomic E-state index is 0.0790. The van der Waals surface area contributed by atoms with Crippen LogP contribution in [0.4, 0.5) is 5.82 Å². The van der Waals surface area contributed by atoms with E-state index in [1.165, 1.54) is 18.4 Å². The highest BCUT2D eigenvalue weighted by atomic mass is 16.1. The Morgan fingerprint density at radius 1 is 1.12 bits per heavy atom. The molecule has 1 aromatic heterocycles. The number of fused-ring (bicyclic) bond motifs is 1. The zero-order valence-electron chi connectivity index (χ0n) is 14.9. The van der Waals surface area contributed by atoms with Crippen LogP contribution < -0.4 is 10.2 Å². The maximum atomic E-state index is 12.6. The standard InChI is InChI=1S/C21H22N4O/c1-15-5-4-6-16(11-15)13-22-21(26)17-7-8-19-18(12-17)20(24-14-23-19)25-9-2-3-10-25/h4-8,11-12,14H,2-3,9-10,13H2,1H3,(H,22,26). The van der Waals surface area contributed by atoms with Crippen LogP contribution in [0.5, 0.6) is 0 Å². The molecule has 26 heavy (non-hydrogen) atoms. The van der Waals surface area contributed by atoms with Gasteiger partial charge in [-0.1, -0.05) is 29.8 Å². The molecule has 1 saturated heterocycles. The lowest BCUT2D eigenvalue weighted by atomic mass is 10.1. The number of hydrogen-bond donors (Lipinski definition) is 1. The van der Waals surface area contributed by atoms with Crippen LogP contribution in [0.25, 0.3) is 10.9 Å². The van der Waals surface area contributed by atoms with E-state index >= 15 is 0 Å². The average molecular weight is 346 g/mol. The van der Waals surface area contributed by atoms with Gasteiger partial charge < -0.3 is 10.2 Å². The van der Waals surface area contributed by atoms with Crippen LogP contribution in [-0.2, 0) is 6.54 Å². The molecule has 0 spiro atoms. The number of amides is 1. The molecule has 1 N–H and O–H groups in total. The molecule has 2 aromatic carbocycles. The number of anilines is 1. The summed E-state index contributed by atoms with van der Waals surface area (Å²) < 4.78 is 0.